The second-order valence-corrected chi connectivity index (χ2v) is 5.85. The lowest BCUT2D eigenvalue weighted by Crippen LogP contribution is -2.20. The van der Waals surface area contributed by atoms with E-state index in [0.717, 1.165) is 36.9 Å². The van der Waals surface area contributed by atoms with Crippen molar-refractivity contribution in [3.05, 3.63) is 54.1 Å². The van der Waals surface area contributed by atoms with Crippen LogP contribution in [0.1, 0.15) is 12.0 Å². The maximum absolute atomic E-state index is 5.22. The lowest BCUT2D eigenvalue weighted by Gasteiger charge is -2.19. The quantitative estimate of drug-likeness (QED) is 0.838. The van der Waals surface area contributed by atoms with Crippen LogP contribution in [0.25, 0.3) is 0 Å². The summed E-state index contributed by atoms with van der Waals surface area (Å²) in [5.74, 6) is 2.56. The van der Waals surface area contributed by atoms with Crippen LogP contribution >= 0.6 is 0 Å². The van der Waals surface area contributed by atoms with Crippen molar-refractivity contribution in [2.45, 2.75) is 12.8 Å². The number of ether oxygens (including phenoxy) is 2. The topological polar surface area (TPSA) is 21.7 Å². The van der Waals surface area contributed by atoms with Gasteiger partial charge in [-0.2, -0.15) is 0 Å². The number of rotatable bonds is 5. The molecule has 0 aromatic heterocycles. The zero-order chi connectivity index (χ0) is 15.4. The highest BCUT2D eigenvalue weighted by molar-refractivity contribution is 5.50. The number of hydrogen-bond acceptors (Lipinski definition) is 3. The van der Waals surface area contributed by atoms with Crippen LogP contribution in [-0.2, 0) is 6.42 Å². The molecule has 3 heteroatoms. The van der Waals surface area contributed by atoms with Crippen molar-refractivity contribution < 1.29 is 9.47 Å². The van der Waals surface area contributed by atoms with E-state index in [9.17, 15) is 0 Å². The van der Waals surface area contributed by atoms with E-state index in [1.54, 1.807) is 14.2 Å². The molecule has 0 radical (unpaired) electrons. The SMILES string of the molecule is COc1ccc(CC2CCN(c3ccc(OC)cc3)C2)cc1. The van der Waals surface area contributed by atoms with Crippen LogP contribution in [0.2, 0.25) is 0 Å². The van der Waals surface area contributed by atoms with Gasteiger partial charge in [-0.15, -0.1) is 0 Å². The van der Waals surface area contributed by atoms with Gasteiger partial charge in [-0.25, -0.2) is 0 Å². The predicted octanol–water partition coefficient (Wildman–Crippen LogP) is 3.77. The van der Waals surface area contributed by atoms with Gasteiger partial charge < -0.3 is 14.4 Å². The van der Waals surface area contributed by atoms with Gasteiger partial charge in [0.05, 0.1) is 14.2 Å². The van der Waals surface area contributed by atoms with E-state index < -0.39 is 0 Å². The van der Waals surface area contributed by atoms with Gasteiger partial charge in [-0.1, -0.05) is 12.1 Å². The fourth-order valence-electron chi connectivity index (χ4n) is 3.12. The van der Waals surface area contributed by atoms with Crippen LogP contribution in [0.4, 0.5) is 5.69 Å². The first-order chi connectivity index (χ1) is 10.8. The standard InChI is InChI=1S/C19H23NO2/c1-21-18-7-3-15(4-8-18)13-16-11-12-20(14-16)17-5-9-19(22-2)10-6-17/h3-10,16H,11-14H2,1-2H3. The van der Waals surface area contributed by atoms with Gasteiger partial charge in [0.15, 0.2) is 0 Å². The molecule has 1 aliphatic heterocycles. The highest BCUT2D eigenvalue weighted by atomic mass is 16.5. The van der Waals surface area contributed by atoms with Gasteiger partial charge in [0, 0.05) is 18.8 Å². The smallest absolute Gasteiger partial charge is 0.119 e. The van der Waals surface area contributed by atoms with Crippen LogP contribution in [0.3, 0.4) is 0 Å². The molecule has 0 saturated carbocycles. The number of methoxy groups -OCH3 is 2. The third-order valence-corrected chi connectivity index (χ3v) is 4.41. The van der Waals surface area contributed by atoms with E-state index >= 15 is 0 Å². The minimum absolute atomic E-state index is 0.718. The third kappa shape index (κ3) is 3.35. The van der Waals surface area contributed by atoms with E-state index in [-0.39, 0.29) is 0 Å². The Labute approximate surface area is 132 Å². The molecule has 3 rings (SSSR count). The molecular formula is C19H23NO2. The molecule has 0 aliphatic carbocycles. The molecule has 0 amide bonds. The lowest BCUT2D eigenvalue weighted by atomic mass is 9.99. The molecule has 116 valence electrons. The Morgan fingerprint density at radius 2 is 1.50 bits per heavy atom. The average Bonchev–Trinajstić information content (AvgIpc) is 3.04. The molecule has 1 aliphatic rings. The van der Waals surface area contributed by atoms with Crippen molar-refractivity contribution in [1.82, 2.24) is 0 Å². The summed E-state index contributed by atoms with van der Waals surface area (Å²) in [5.41, 5.74) is 2.68. The molecule has 22 heavy (non-hydrogen) atoms. The minimum Gasteiger partial charge on any atom is -0.497 e. The number of hydrogen-bond donors (Lipinski definition) is 0. The van der Waals surface area contributed by atoms with Crippen molar-refractivity contribution in [1.29, 1.82) is 0 Å². The second kappa shape index (κ2) is 6.73. The average molecular weight is 297 g/mol. The van der Waals surface area contributed by atoms with Crippen molar-refractivity contribution in [2.24, 2.45) is 5.92 Å². The van der Waals surface area contributed by atoms with Gasteiger partial charge in [-0.3, -0.25) is 0 Å². The van der Waals surface area contributed by atoms with Gasteiger partial charge >= 0.3 is 0 Å². The molecule has 0 N–H and O–H groups in total. The summed E-state index contributed by atoms with van der Waals surface area (Å²) >= 11 is 0. The summed E-state index contributed by atoms with van der Waals surface area (Å²) in [6.45, 7) is 2.26. The van der Waals surface area contributed by atoms with E-state index in [1.165, 1.54) is 17.7 Å². The number of benzene rings is 2. The summed E-state index contributed by atoms with van der Waals surface area (Å²) < 4.78 is 10.4. The highest BCUT2D eigenvalue weighted by Gasteiger charge is 2.22. The van der Waals surface area contributed by atoms with Crippen molar-refractivity contribution in [3.63, 3.8) is 0 Å². The van der Waals surface area contributed by atoms with Crippen LogP contribution in [0.5, 0.6) is 11.5 Å². The van der Waals surface area contributed by atoms with E-state index in [1.807, 2.05) is 24.3 Å². The zero-order valence-corrected chi connectivity index (χ0v) is 13.3. The van der Waals surface area contributed by atoms with Crippen molar-refractivity contribution in [3.8, 4) is 11.5 Å². The van der Waals surface area contributed by atoms with Crippen LogP contribution < -0.4 is 14.4 Å². The Hall–Kier alpha value is -2.16. The third-order valence-electron chi connectivity index (χ3n) is 4.41. The normalized spacial score (nSPS) is 17.5. The predicted molar refractivity (Wildman–Crippen MR) is 90.0 cm³/mol. The molecule has 3 nitrogen and oxygen atoms in total. The van der Waals surface area contributed by atoms with E-state index in [4.69, 9.17) is 9.47 Å². The Morgan fingerprint density at radius 3 is 2.09 bits per heavy atom. The Kier molecular flexibility index (Phi) is 4.52. The van der Waals surface area contributed by atoms with E-state index in [0.29, 0.717) is 0 Å². The summed E-state index contributed by atoms with van der Waals surface area (Å²) in [6, 6.07) is 16.8. The second-order valence-electron chi connectivity index (χ2n) is 5.85. The van der Waals surface area contributed by atoms with Gasteiger partial charge in [0.25, 0.3) is 0 Å². The van der Waals surface area contributed by atoms with Crippen LogP contribution in [0, 0.1) is 5.92 Å². The maximum Gasteiger partial charge on any atom is 0.119 e. The molecule has 0 bridgehead atoms. The summed E-state index contributed by atoms with van der Waals surface area (Å²) in [5, 5.41) is 0. The van der Waals surface area contributed by atoms with Gasteiger partial charge in [-0.05, 0) is 60.7 Å². The summed E-state index contributed by atoms with van der Waals surface area (Å²) in [4.78, 5) is 2.47. The lowest BCUT2D eigenvalue weighted by molar-refractivity contribution is 0.414. The minimum atomic E-state index is 0.718. The fraction of sp³-hybridized carbons (Fsp3) is 0.368. The van der Waals surface area contributed by atoms with Crippen molar-refractivity contribution in [2.75, 3.05) is 32.2 Å². The van der Waals surface area contributed by atoms with Gasteiger partial charge in [0.1, 0.15) is 11.5 Å². The molecule has 2 aromatic rings. The maximum atomic E-state index is 5.22. The first-order valence-corrected chi connectivity index (χ1v) is 7.80. The molecule has 1 fully saturated rings. The Morgan fingerprint density at radius 1 is 0.909 bits per heavy atom. The first kappa shape index (κ1) is 14.8. The molecular weight excluding hydrogens is 274 g/mol. The summed E-state index contributed by atoms with van der Waals surface area (Å²) in [6.07, 6.45) is 2.38. The number of nitrogens with zero attached hydrogens (tertiary/aromatic N) is 1. The van der Waals surface area contributed by atoms with Crippen LogP contribution in [-0.4, -0.2) is 27.3 Å². The highest BCUT2D eigenvalue weighted by Crippen LogP contribution is 2.28. The van der Waals surface area contributed by atoms with E-state index in [2.05, 4.69) is 29.2 Å². The largest absolute Gasteiger partial charge is 0.497 e. The molecule has 0 spiro atoms. The molecule has 1 saturated heterocycles. The Balaban J connectivity index is 1.59. The van der Waals surface area contributed by atoms with Gasteiger partial charge in [0.2, 0.25) is 0 Å². The Bertz CT molecular complexity index is 592. The van der Waals surface area contributed by atoms with Crippen molar-refractivity contribution >= 4 is 5.69 Å². The number of anilines is 1. The molecule has 1 unspecified atom stereocenters. The molecule has 2 aromatic carbocycles. The first-order valence-electron chi connectivity index (χ1n) is 7.80. The van der Waals surface area contributed by atoms with Crippen LogP contribution in [0.15, 0.2) is 48.5 Å². The monoisotopic (exact) mass is 297 g/mol. The molecule has 1 atom stereocenters. The fourth-order valence-corrected chi connectivity index (χ4v) is 3.12. The summed E-state index contributed by atoms with van der Waals surface area (Å²) in [7, 11) is 3.41. The molecule has 1 heterocycles. The zero-order valence-electron chi connectivity index (χ0n) is 13.3.